The lowest BCUT2D eigenvalue weighted by Crippen LogP contribution is -2.54. The summed E-state index contributed by atoms with van der Waals surface area (Å²) in [6.07, 6.45) is 0. The summed E-state index contributed by atoms with van der Waals surface area (Å²) in [5.74, 6) is 0.596. The number of nitrogens with zero attached hydrogens (tertiary/aromatic N) is 2. The molecule has 8 heteroatoms. The molecule has 1 amide bonds. The Morgan fingerprint density at radius 3 is 2.29 bits per heavy atom. The molecule has 1 aliphatic rings. The maximum atomic E-state index is 12.7. The largest absolute Gasteiger partial charge is 0.494 e. The van der Waals surface area contributed by atoms with Gasteiger partial charge in [-0.2, -0.15) is 4.31 Å². The molecule has 1 aromatic carbocycles. The highest BCUT2D eigenvalue weighted by atomic mass is 32.2. The number of rotatable bonds is 6. The van der Waals surface area contributed by atoms with E-state index in [-0.39, 0.29) is 16.8 Å². The van der Waals surface area contributed by atoms with E-state index in [0.29, 0.717) is 38.5 Å². The Morgan fingerprint density at radius 1 is 1.21 bits per heavy atom. The molecular formula is C16H25N3O4S. The summed E-state index contributed by atoms with van der Waals surface area (Å²) >= 11 is 0. The lowest BCUT2D eigenvalue weighted by Gasteiger charge is -2.36. The van der Waals surface area contributed by atoms with Crippen molar-refractivity contribution in [2.45, 2.75) is 24.8 Å². The first-order valence-electron chi connectivity index (χ1n) is 8.08. The normalized spacial score (nSPS) is 18.1. The predicted molar refractivity (Wildman–Crippen MR) is 91.5 cm³/mol. The number of amides is 1. The summed E-state index contributed by atoms with van der Waals surface area (Å²) < 4.78 is 32.2. The minimum atomic E-state index is -3.52. The van der Waals surface area contributed by atoms with Gasteiger partial charge in [0.2, 0.25) is 15.9 Å². The van der Waals surface area contributed by atoms with Crippen LogP contribution >= 0.6 is 0 Å². The molecule has 134 valence electrons. The van der Waals surface area contributed by atoms with Gasteiger partial charge in [0.05, 0.1) is 17.5 Å². The maximum absolute atomic E-state index is 12.7. The third-order valence-electron chi connectivity index (χ3n) is 4.22. The number of ether oxygens (including phenoxy) is 1. The average molecular weight is 355 g/mol. The highest BCUT2D eigenvalue weighted by molar-refractivity contribution is 7.89. The molecule has 1 atom stereocenters. The van der Waals surface area contributed by atoms with Gasteiger partial charge in [-0.05, 0) is 38.1 Å². The number of carbonyl (C=O) groups is 1. The molecule has 0 bridgehead atoms. The fraction of sp³-hybridized carbons (Fsp3) is 0.562. The fourth-order valence-corrected chi connectivity index (χ4v) is 4.15. The van der Waals surface area contributed by atoms with Crippen molar-refractivity contribution in [3.63, 3.8) is 0 Å². The molecule has 0 spiro atoms. The van der Waals surface area contributed by atoms with E-state index in [1.807, 2.05) is 18.7 Å². The monoisotopic (exact) mass is 355 g/mol. The van der Waals surface area contributed by atoms with Gasteiger partial charge in [0.1, 0.15) is 5.75 Å². The van der Waals surface area contributed by atoms with Crippen LogP contribution < -0.4 is 10.1 Å². The Bertz CT molecular complexity index is 652. The van der Waals surface area contributed by atoms with Gasteiger partial charge in [0, 0.05) is 33.2 Å². The number of nitrogens with one attached hydrogen (secondary N) is 1. The fourth-order valence-electron chi connectivity index (χ4n) is 2.73. The summed E-state index contributed by atoms with van der Waals surface area (Å²) in [5, 5.41) is 2.62. The van der Waals surface area contributed by atoms with Crippen LogP contribution in [0.1, 0.15) is 13.8 Å². The Morgan fingerprint density at radius 2 is 1.79 bits per heavy atom. The molecule has 2 rings (SSSR count). The summed E-state index contributed by atoms with van der Waals surface area (Å²) in [4.78, 5) is 14.0. The first kappa shape index (κ1) is 18.7. The van der Waals surface area contributed by atoms with Gasteiger partial charge < -0.3 is 10.1 Å². The van der Waals surface area contributed by atoms with Crippen LogP contribution in [-0.4, -0.2) is 69.4 Å². The second-order valence-corrected chi connectivity index (χ2v) is 7.57. The van der Waals surface area contributed by atoms with E-state index in [4.69, 9.17) is 4.74 Å². The van der Waals surface area contributed by atoms with Gasteiger partial charge in [-0.1, -0.05) is 0 Å². The Balaban J connectivity index is 2.03. The van der Waals surface area contributed by atoms with E-state index in [1.54, 1.807) is 31.3 Å². The topological polar surface area (TPSA) is 79.0 Å². The van der Waals surface area contributed by atoms with Crippen molar-refractivity contribution in [3.8, 4) is 5.75 Å². The zero-order chi connectivity index (χ0) is 17.7. The molecule has 0 aromatic heterocycles. The van der Waals surface area contributed by atoms with Gasteiger partial charge in [0.15, 0.2) is 0 Å². The molecule has 0 aliphatic carbocycles. The SMILES string of the molecule is CCOc1ccc(S(=O)(=O)N2CCN([C@@H](C)C(=O)NC)CC2)cc1. The second kappa shape index (κ2) is 7.96. The zero-order valence-electron chi connectivity index (χ0n) is 14.4. The molecule has 0 saturated carbocycles. The molecule has 1 saturated heterocycles. The highest BCUT2D eigenvalue weighted by Crippen LogP contribution is 2.21. The lowest BCUT2D eigenvalue weighted by atomic mass is 10.2. The quantitative estimate of drug-likeness (QED) is 0.805. The number of likely N-dealkylation sites (N-methyl/N-ethyl adjacent to an activating group) is 1. The molecule has 1 aliphatic heterocycles. The van der Waals surface area contributed by atoms with Crippen molar-refractivity contribution >= 4 is 15.9 Å². The minimum Gasteiger partial charge on any atom is -0.494 e. The summed E-state index contributed by atoms with van der Waals surface area (Å²) in [7, 11) is -1.92. The smallest absolute Gasteiger partial charge is 0.243 e. The van der Waals surface area contributed by atoms with E-state index in [2.05, 4.69) is 5.32 Å². The van der Waals surface area contributed by atoms with Crippen LogP contribution in [0.5, 0.6) is 5.75 Å². The van der Waals surface area contributed by atoms with E-state index in [0.717, 1.165) is 0 Å². The predicted octanol–water partition coefficient (Wildman–Crippen LogP) is 0.526. The van der Waals surface area contributed by atoms with Crippen molar-refractivity contribution < 1.29 is 17.9 Å². The van der Waals surface area contributed by atoms with E-state index in [9.17, 15) is 13.2 Å². The number of piperazine rings is 1. The van der Waals surface area contributed by atoms with Crippen molar-refractivity contribution in [2.24, 2.45) is 0 Å². The van der Waals surface area contributed by atoms with Crippen LogP contribution in [0.2, 0.25) is 0 Å². The third-order valence-corrected chi connectivity index (χ3v) is 6.13. The second-order valence-electron chi connectivity index (χ2n) is 5.63. The molecule has 1 N–H and O–H groups in total. The van der Waals surface area contributed by atoms with Crippen molar-refractivity contribution in [1.82, 2.24) is 14.5 Å². The van der Waals surface area contributed by atoms with Crippen LogP contribution in [0.15, 0.2) is 29.2 Å². The van der Waals surface area contributed by atoms with Gasteiger partial charge in [-0.3, -0.25) is 9.69 Å². The molecule has 24 heavy (non-hydrogen) atoms. The minimum absolute atomic E-state index is 0.0576. The number of sulfonamides is 1. The van der Waals surface area contributed by atoms with Crippen LogP contribution in [-0.2, 0) is 14.8 Å². The van der Waals surface area contributed by atoms with Crippen LogP contribution in [0.4, 0.5) is 0 Å². The summed E-state index contributed by atoms with van der Waals surface area (Å²) in [6.45, 7) is 6.06. The molecule has 1 heterocycles. The maximum Gasteiger partial charge on any atom is 0.243 e. The Kier molecular flexibility index (Phi) is 6.20. The van der Waals surface area contributed by atoms with Gasteiger partial charge >= 0.3 is 0 Å². The highest BCUT2D eigenvalue weighted by Gasteiger charge is 2.31. The first-order valence-corrected chi connectivity index (χ1v) is 9.52. The van der Waals surface area contributed by atoms with Gasteiger partial charge in [-0.15, -0.1) is 0 Å². The van der Waals surface area contributed by atoms with Crippen molar-refractivity contribution in [3.05, 3.63) is 24.3 Å². The Hall–Kier alpha value is -1.64. The molecule has 0 radical (unpaired) electrons. The molecular weight excluding hydrogens is 330 g/mol. The molecule has 7 nitrogen and oxygen atoms in total. The number of benzene rings is 1. The average Bonchev–Trinajstić information content (AvgIpc) is 2.61. The molecule has 1 aromatic rings. The van der Waals surface area contributed by atoms with Crippen molar-refractivity contribution in [1.29, 1.82) is 0 Å². The number of hydrogen-bond donors (Lipinski definition) is 1. The Labute approximate surface area is 143 Å². The standard InChI is InChI=1S/C16H25N3O4S/c1-4-23-14-5-7-15(8-6-14)24(21,22)19-11-9-18(10-12-19)13(2)16(20)17-3/h5-8,13H,4,9-12H2,1-3H3,(H,17,20)/t13-/m0/s1. The third kappa shape index (κ3) is 4.06. The van der Waals surface area contributed by atoms with Crippen LogP contribution in [0, 0.1) is 0 Å². The zero-order valence-corrected chi connectivity index (χ0v) is 15.2. The summed E-state index contributed by atoms with van der Waals surface area (Å²) in [6, 6.07) is 6.21. The molecule has 0 unspecified atom stereocenters. The molecule has 1 fully saturated rings. The lowest BCUT2D eigenvalue weighted by molar-refractivity contribution is -0.125. The number of hydrogen-bond acceptors (Lipinski definition) is 5. The van der Waals surface area contributed by atoms with E-state index < -0.39 is 10.0 Å². The number of carbonyl (C=O) groups excluding carboxylic acids is 1. The van der Waals surface area contributed by atoms with E-state index >= 15 is 0 Å². The van der Waals surface area contributed by atoms with Crippen LogP contribution in [0.25, 0.3) is 0 Å². The van der Waals surface area contributed by atoms with Crippen LogP contribution in [0.3, 0.4) is 0 Å². The van der Waals surface area contributed by atoms with Gasteiger partial charge in [0.25, 0.3) is 0 Å². The first-order chi connectivity index (χ1) is 11.4. The summed E-state index contributed by atoms with van der Waals surface area (Å²) in [5.41, 5.74) is 0. The van der Waals surface area contributed by atoms with Gasteiger partial charge in [-0.25, -0.2) is 8.42 Å². The van der Waals surface area contributed by atoms with Crippen molar-refractivity contribution in [2.75, 3.05) is 39.8 Å². The van der Waals surface area contributed by atoms with E-state index in [1.165, 1.54) is 4.31 Å².